The first-order valence-corrected chi connectivity index (χ1v) is 6.83. The molecule has 1 amide bonds. The number of rotatable bonds is 3. The topological polar surface area (TPSA) is 84.6 Å². The van der Waals surface area contributed by atoms with E-state index in [1.807, 2.05) is 0 Å². The lowest BCUT2D eigenvalue weighted by molar-refractivity contribution is -0.127. The molecule has 18 heavy (non-hydrogen) atoms. The van der Waals surface area contributed by atoms with E-state index in [0.29, 0.717) is 25.7 Å². The number of aliphatic hydroxyl groups is 1. The van der Waals surface area contributed by atoms with E-state index >= 15 is 0 Å². The normalized spacial score (nSPS) is 40.7. The monoisotopic (exact) mass is 256 g/mol. The summed E-state index contributed by atoms with van der Waals surface area (Å²) >= 11 is 0. The molecule has 0 aromatic heterocycles. The molecule has 1 aliphatic heterocycles. The summed E-state index contributed by atoms with van der Waals surface area (Å²) in [7, 11) is 0. The SMILES string of the molecule is CC1CCC(O)(CNC(=O)C2COCC2N)CC1. The fourth-order valence-electron chi connectivity index (χ4n) is 2.70. The molecule has 1 heterocycles. The molecule has 1 saturated heterocycles. The standard InChI is InChI=1S/C13H24N2O3/c1-9-2-4-13(17,5-3-9)8-15-12(16)10-6-18-7-11(10)14/h9-11,17H,2-8,14H2,1H3,(H,15,16). The van der Waals surface area contributed by atoms with Gasteiger partial charge in [-0.05, 0) is 31.6 Å². The maximum absolute atomic E-state index is 11.9. The summed E-state index contributed by atoms with van der Waals surface area (Å²) in [5.41, 5.74) is 5.06. The lowest BCUT2D eigenvalue weighted by Crippen LogP contribution is -2.49. The van der Waals surface area contributed by atoms with Crippen molar-refractivity contribution in [3.05, 3.63) is 0 Å². The highest BCUT2D eigenvalue weighted by molar-refractivity contribution is 5.79. The van der Waals surface area contributed by atoms with E-state index in [4.69, 9.17) is 10.5 Å². The van der Waals surface area contributed by atoms with Crippen molar-refractivity contribution < 1.29 is 14.6 Å². The van der Waals surface area contributed by atoms with Gasteiger partial charge in [-0.2, -0.15) is 0 Å². The molecule has 0 aromatic rings. The molecule has 2 unspecified atom stereocenters. The van der Waals surface area contributed by atoms with Gasteiger partial charge in [-0.3, -0.25) is 4.79 Å². The highest BCUT2D eigenvalue weighted by Gasteiger charge is 2.35. The lowest BCUT2D eigenvalue weighted by Gasteiger charge is -2.35. The third-order valence-corrected chi connectivity index (χ3v) is 4.26. The van der Waals surface area contributed by atoms with Gasteiger partial charge >= 0.3 is 0 Å². The van der Waals surface area contributed by atoms with Crippen LogP contribution in [0.15, 0.2) is 0 Å². The van der Waals surface area contributed by atoms with Gasteiger partial charge in [-0.1, -0.05) is 6.92 Å². The summed E-state index contributed by atoms with van der Waals surface area (Å²) in [5.74, 6) is 0.320. The van der Waals surface area contributed by atoms with Crippen LogP contribution in [0.3, 0.4) is 0 Å². The summed E-state index contributed by atoms with van der Waals surface area (Å²) in [5, 5.41) is 13.2. The molecule has 5 nitrogen and oxygen atoms in total. The van der Waals surface area contributed by atoms with Crippen LogP contribution in [0.25, 0.3) is 0 Å². The summed E-state index contributed by atoms with van der Waals surface area (Å²) in [6.45, 7) is 3.37. The second kappa shape index (κ2) is 5.55. The number of hydrogen-bond donors (Lipinski definition) is 3. The summed E-state index contributed by atoms with van der Waals surface area (Å²) in [6.07, 6.45) is 3.58. The van der Waals surface area contributed by atoms with Crippen LogP contribution in [-0.4, -0.2) is 42.4 Å². The smallest absolute Gasteiger partial charge is 0.227 e. The first-order valence-electron chi connectivity index (χ1n) is 6.83. The summed E-state index contributed by atoms with van der Waals surface area (Å²) in [4.78, 5) is 11.9. The van der Waals surface area contributed by atoms with E-state index < -0.39 is 5.60 Å². The van der Waals surface area contributed by atoms with Gasteiger partial charge < -0.3 is 20.9 Å². The molecule has 0 radical (unpaired) electrons. The zero-order valence-electron chi connectivity index (χ0n) is 11.0. The van der Waals surface area contributed by atoms with Crippen LogP contribution in [0.4, 0.5) is 0 Å². The second-order valence-corrected chi connectivity index (χ2v) is 5.93. The van der Waals surface area contributed by atoms with Crippen molar-refractivity contribution in [1.82, 2.24) is 5.32 Å². The lowest BCUT2D eigenvalue weighted by atomic mass is 9.79. The van der Waals surface area contributed by atoms with Crippen LogP contribution in [0.2, 0.25) is 0 Å². The van der Waals surface area contributed by atoms with Crippen molar-refractivity contribution in [2.75, 3.05) is 19.8 Å². The zero-order valence-corrected chi connectivity index (χ0v) is 11.0. The Kier molecular flexibility index (Phi) is 4.25. The van der Waals surface area contributed by atoms with Gasteiger partial charge in [0.2, 0.25) is 5.91 Å². The third kappa shape index (κ3) is 3.22. The fraction of sp³-hybridized carbons (Fsp3) is 0.923. The molecule has 104 valence electrons. The first-order chi connectivity index (χ1) is 8.50. The third-order valence-electron chi connectivity index (χ3n) is 4.26. The number of carbonyl (C=O) groups excluding carboxylic acids is 1. The molecule has 5 heteroatoms. The average molecular weight is 256 g/mol. The largest absolute Gasteiger partial charge is 0.388 e. The van der Waals surface area contributed by atoms with E-state index in [9.17, 15) is 9.90 Å². The van der Waals surface area contributed by atoms with E-state index in [-0.39, 0.29) is 17.9 Å². The first kappa shape index (κ1) is 13.8. The average Bonchev–Trinajstić information content (AvgIpc) is 2.77. The number of amides is 1. The van der Waals surface area contributed by atoms with Crippen LogP contribution < -0.4 is 11.1 Å². The minimum absolute atomic E-state index is 0.0907. The molecule has 2 fully saturated rings. The van der Waals surface area contributed by atoms with Gasteiger partial charge in [0.25, 0.3) is 0 Å². The molecule has 4 N–H and O–H groups in total. The van der Waals surface area contributed by atoms with E-state index in [2.05, 4.69) is 12.2 Å². The Labute approximate surface area is 108 Å². The molecule has 0 bridgehead atoms. The van der Waals surface area contributed by atoms with Crippen LogP contribution in [0.1, 0.15) is 32.6 Å². The molecule has 2 rings (SSSR count). The van der Waals surface area contributed by atoms with Crippen LogP contribution in [0.5, 0.6) is 0 Å². The van der Waals surface area contributed by atoms with Gasteiger partial charge in [0.1, 0.15) is 0 Å². The number of nitrogens with two attached hydrogens (primary N) is 1. The second-order valence-electron chi connectivity index (χ2n) is 5.93. The van der Waals surface area contributed by atoms with Crippen LogP contribution in [0, 0.1) is 11.8 Å². The number of ether oxygens (including phenoxy) is 1. The maximum atomic E-state index is 11.9. The predicted octanol–water partition coefficient (Wildman–Crippen LogP) is 0.0175. The number of nitrogens with one attached hydrogen (secondary N) is 1. The highest BCUT2D eigenvalue weighted by atomic mass is 16.5. The van der Waals surface area contributed by atoms with E-state index in [1.54, 1.807) is 0 Å². The molecule has 1 saturated carbocycles. The van der Waals surface area contributed by atoms with E-state index in [1.165, 1.54) is 0 Å². The van der Waals surface area contributed by atoms with Crippen molar-refractivity contribution in [1.29, 1.82) is 0 Å². The molecule has 2 aliphatic rings. The molecular formula is C13H24N2O3. The maximum Gasteiger partial charge on any atom is 0.227 e. The Balaban J connectivity index is 1.78. The molecular weight excluding hydrogens is 232 g/mol. The molecule has 0 spiro atoms. The van der Waals surface area contributed by atoms with Crippen molar-refractivity contribution >= 4 is 5.91 Å². The van der Waals surface area contributed by atoms with E-state index in [0.717, 1.165) is 25.7 Å². The van der Waals surface area contributed by atoms with Crippen LogP contribution >= 0.6 is 0 Å². The minimum atomic E-state index is -0.730. The minimum Gasteiger partial charge on any atom is -0.388 e. The van der Waals surface area contributed by atoms with Gasteiger partial charge in [-0.15, -0.1) is 0 Å². The van der Waals surface area contributed by atoms with Crippen molar-refractivity contribution in [3.63, 3.8) is 0 Å². The Bertz CT molecular complexity index is 301. The highest BCUT2D eigenvalue weighted by Crippen LogP contribution is 2.31. The predicted molar refractivity (Wildman–Crippen MR) is 67.9 cm³/mol. The van der Waals surface area contributed by atoms with Gasteiger partial charge in [-0.25, -0.2) is 0 Å². The van der Waals surface area contributed by atoms with Crippen molar-refractivity contribution in [2.45, 2.75) is 44.2 Å². The van der Waals surface area contributed by atoms with Gasteiger partial charge in [0.15, 0.2) is 0 Å². The number of carbonyl (C=O) groups is 1. The van der Waals surface area contributed by atoms with Crippen molar-refractivity contribution in [3.8, 4) is 0 Å². The van der Waals surface area contributed by atoms with Gasteiger partial charge in [0, 0.05) is 12.6 Å². The number of hydrogen-bond acceptors (Lipinski definition) is 4. The quantitative estimate of drug-likeness (QED) is 0.664. The Morgan fingerprint density at radius 3 is 2.67 bits per heavy atom. The Hall–Kier alpha value is -0.650. The Morgan fingerprint density at radius 2 is 2.11 bits per heavy atom. The zero-order chi connectivity index (χ0) is 13.2. The van der Waals surface area contributed by atoms with Gasteiger partial charge in [0.05, 0.1) is 24.7 Å². The molecule has 2 atom stereocenters. The van der Waals surface area contributed by atoms with Crippen molar-refractivity contribution in [2.24, 2.45) is 17.6 Å². The molecule has 1 aliphatic carbocycles. The summed E-state index contributed by atoms with van der Waals surface area (Å²) < 4.78 is 5.17. The molecule has 0 aromatic carbocycles. The summed E-state index contributed by atoms with van der Waals surface area (Å²) in [6, 6.07) is -0.217. The Morgan fingerprint density at radius 1 is 1.44 bits per heavy atom. The van der Waals surface area contributed by atoms with Crippen LogP contribution in [-0.2, 0) is 9.53 Å². The fourth-order valence-corrected chi connectivity index (χ4v) is 2.70.